The van der Waals surface area contributed by atoms with Crippen LogP contribution in [-0.2, 0) is 11.3 Å². The van der Waals surface area contributed by atoms with Gasteiger partial charge in [0.15, 0.2) is 0 Å². The summed E-state index contributed by atoms with van der Waals surface area (Å²) in [6.45, 7) is 0.121. The largest absolute Gasteiger partial charge is 0.497 e. The van der Waals surface area contributed by atoms with Crippen LogP contribution in [0.25, 0.3) is 0 Å². The van der Waals surface area contributed by atoms with Crippen LogP contribution in [0.3, 0.4) is 0 Å². The number of carbonyl (C=O) groups excluding carboxylic acids is 2. The van der Waals surface area contributed by atoms with Crippen molar-refractivity contribution in [2.75, 3.05) is 19.0 Å². The summed E-state index contributed by atoms with van der Waals surface area (Å²) in [4.78, 5) is 31.3. The number of benzene rings is 2. The molecular weight excluding hydrogens is 449 g/mol. The van der Waals surface area contributed by atoms with Crippen molar-refractivity contribution in [2.45, 2.75) is 18.5 Å². The fourth-order valence-corrected chi connectivity index (χ4v) is 3.95. The highest BCUT2D eigenvalue weighted by atomic mass is 19.1. The Labute approximate surface area is 193 Å². The van der Waals surface area contributed by atoms with E-state index in [9.17, 15) is 22.8 Å². The maximum Gasteiger partial charge on any atom is 0.319 e. The van der Waals surface area contributed by atoms with Gasteiger partial charge in [0, 0.05) is 54.8 Å². The third kappa shape index (κ3) is 4.95. The van der Waals surface area contributed by atoms with Gasteiger partial charge in [0.1, 0.15) is 29.2 Å². The fourth-order valence-electron chi connectivity index (χ4n) is 3.95. The molecule has 7 nitrogen and oxygen atoms in total. The number of ether oxygens (including phenoxy) is 1. The SMILES string of the molecule is COc1cc(F)c(C2CN(Cc3cccnc3)C(=O)C2NC(=O)Nc2ccc(F)cc2)c(F)c1. The first-order valence-electron chi connectivity index (χ1n) is 10.4. The number of anilines is 1. The van der Waals surface area contributed by atoms with Crippen LogP contribution in [0.15, 0.2) is 60.9 Å². The van der Waals surface area contributed by atoms with E-state index in [2.05, 4.69) is 15.6 Å². The number of amides is 3. The minimum atomic E-state index is -1.24. The predicted octanol–water partition coefficient (Wildman–Crippen LogP) is 3.82. The van der Waals surface area contributed by atoms with Gasteiger partial charge in [-0.25, -0.2) is 18.0 Å². The zero-order chi connectivity index (χ0) is 24.2. The number of halogens is 3. The van der Waals surface area contributed by atoms with Gasteiger partial charge in [0.05, 0.1) is 7.11 Å². The summed E-state index contributed by atoms with van der Waals surface area (Å²) in [5.41, 5.74) is 0.687. The van der Waals surface area contributed by atoms with Gasteiger partial charge in [-0.05, 0) is 35.9 Å². The van der Waals surface area contributed by atoms with Crippen LogP contribution in [0.4, 0.5) is 23.7 Å². The first-order valence-corrected chi connectivity index (χ1v) is 10.4. The number of likely N-dealkylation sites (tertiary alicyclic amines) is 1. The van der Waals surface area contributed by atoms with Crippen molar-refractivity contribution < 1.29 is 27.5 Å². The second-order valence-corrected chi connectivity index (χ2v) is 7.77. The highest BCUT2D eigenvalue weighted by Crippen LogP contribution is 2.35. The Morgan fingerprint density at radius 1 is 1.15 bits per heavy atom. The molecule has 0 saturated carbocycles. The molecule has 4 rings (SSSR count). The van der Waals surface area contributed by atoms with Crippen LogP contribution in [-0.4, -0.2) is 41.5 Å². The molecule has 0 spiro atoms. The lowest BCUT2D eigenvalue weighted by molar-refractivity contribution is -0.129. The van der Waals surface area contributed by atoms with Gasteiger partial charge in [-0.3, -0.25) is 9.78 Å². The Morgan fingerprint density at radius 3 is 2.47 bits per heavy atom. The first-order chi connectivity index (χ1) is 16.4. The Kier molecular flexibility index (Phi) is 6.67. The van der Waals surface area contributed by atoms with Crippen LogP contribution in [0, 0.1) is 17.5 Å². The summed E-state index contributed by atoms with van der Waals surface area (Å²) in [6.07, 6.45) is 3.17. The fraction of sp³-hybridized carbons (Fsp3) is 0.208. The maximum atomic E-state index is 14.9. The normalized spacial score (nSPS) is 17.5. The van der Waals surface area contributed by atoms with E-state index in [1.54, 1.807) is 24.5 Å². The second kappa shape index (κ2) is 9.82. The quantitative estimate of drug-likeness (QED) is 0.574. The highest BCUT2D eigenvalue weighted by Gasteiger charge is 2.44. The summed E-state index contributed by atoms with van der Waals surface area (Å²) < 4.78 is 47.8. The summed E-state index contributed by atoms with van der Waals surface area (Å²) in [5, 5.41) is 5.02. The number of aromatic nitrogens is 1. The molecule has 0 radical (unpaired) electrons. The van der Waals surface area contributed by atoms with Crippen LogP contribution < -0.4 is 15.4 Å². The second-order valence-electron chi connectivity index (χ2n) is 7.77. The highest BCUT2D eigenvalue weighted by molar-refractivity contribution is 5.95. The molecule has 2 N–H and O–H groups in total. The molecule has 2 unspecified atom stereocenters. The van der Waals surface area contributed by atoms with Crippen molar-refractivity contribution in [2.24, 2.45) is 0 Å². The summed E-state index contributed by atoms with van der Waals surface area (Å²) in [6, 6.07) is 8.55. The molecule has 2 aromatic carbocycles. The van der Waals surface area contributed by atoms with E-state index in [1.165, 1.54) is 24.1 Å². The molecule has 10 heteroatoms. The van der Waals surface area contributed by atoms with E-state index in [0.717, 1.165) is 29.8 Å². The van der Waals surface area contributed by atoms with Crippen molar-refractivity contribution in [1.82, 2.24) is 15.2 Å². The number of pyridine rings is 1. The number of nitrogens with one attached hydrogen (secondary N) is 2. The number of urea groups is 1. The summed E-state index contributed by atoms with van der Waals surface area (Å²) in [7, 11) is 1.28. The lowest BCUT2D eigenvalue weighted by atomic mass is 9.93. The number of hydrogen-bond acceptors (Lipinski definition) is 4. The topological polar surface area (TPSA) is 83.6 Å². The molecule has 1 aliphatic rings. The summed E-state index contributed by atoms with van der Waals surface area (Å²) >= 11 is 0. The number of carbonyl (C=O) groups is 2. The molecule has 1 aliphatic heterocycles. The molecule has 1 saturated heterocycles. The van der Waals surface area contributed by atoms with Gasteiger partial charge in [-0.2, -0.15) is 0 Å². The van der Waals surface area contributed by atoms with Gasteiger partial charge < -0.3 is 20.3 Å². The van der Waals surface area contributed by atoms with E-state index < -0.39 is 41.3 Å². The molecule has 1 aromatic heterocycles. The smallest absolute Gasteiger partial charge is 0.319 e. The predicted molar refractivity (Wildman–Crippen MR) is 118 cm³/mol. The zero-order valence-corrected chi connectivity index (χ0v) is 18.1. The molecule has 2 atom stereocenters. The van der Waals surface area contributed by atoms with Gasteiger partial charge in [0.25, 0.3) is 0 Å². The molecule has 0 aliphatic carbocycles. The monoisotopic (exact) mass is 470 g/mol. The Morgan fingerprint density at radius 2 is 1.85 bits per heavy atom. The number of hydrogen-bond donors (Lipinski definition) is 2. The van der Waals surface area contributed by atoms with Gasteiger partial charge in [-0.1, -0.05) is 6.07 Å². The summed E-state index contributed by atoms with van der Waals surface area (Å²) in [5.74, 6) is -3.76. The number of nitrogens with zero attached hydrogens (tertiary/aromatic N) is 2. The van der Waals surface area contributed by atoms with E-state index in [-0.39, 0.29) is 30.1 Å². The van der Waals surface area contributed by atoms with E-state index in [4.69, 9.17) is 4.74 Å². The van der Waals surface area contributed by atoms with Crippen molar-refractivity contribution in [3.8, 4) is 5.75 Å². The minimum absolute atomic E-state index is 0.00569. The first kappa shape index (κ1) is 23.1. The number of methoxy groups -OCH3 is 1. The van der Waals surface area contributed by atoms with Crippen molar-refractivity contribution >= 4 is 17.6 Å². The van der Waals surface area contributed by atoms with Crippen molar-refractivity contribution in [3.05, 3.63) is 89.5 Å². The van der Waals surface area contributed by atoms with Gasteiger partial charge in [-0.15, -0.1) is 0 Å². The van der Waals surface area contributed by atoms with Crippen LogP contribution in [0.5, 0.6) is 5.75 Å². The van der Waals surface area contributed by atoms with E-state index in [1.807, 2.05) is 0 Å². The molecule has 3 aromatic rings. The third-order valence-corrected chi connectivity index (χ3v) is 5.54. The average molecular weight is 470 g/mol. The standard InChI is InChI=1S/C24H21F3N4O3/c1-34-17-9-19(26)21(20(27)10-17)18-13-31(12-14-3-2-8-28-11-14)23(32)22(18)30-24(33)29-16-6-4-15(25)5-7-16/h2-11,18,22H,12-13H2,1H3,(H2,29,30,33). The lowest BCUT2D eigenvalue weighted by Gasteiger charge is -2.20. The minimum Gasteiger partial charge on any atom is -0.497 e. The average Bonchev–Trinajstić information content (AvgIpc) is 3.10. The van der Waals surface area contributed by atoms with Gasteiger partial charge >= 0.3 is 6.03 Å². The van der Waals surface area contributed by atoms with Crippen LogP contribution in [0.1, 0.15) is 17.0 Å². The molecule has 1 fully saturated rings. The van der Waals surface area contributed by atoms with E-state index >= 15 is 0 Å². The molecule has 2 heterocycles. The Balaban J connectivity index is 1.62. The Bertz CT molecular complexity index is 1170. The van der Waals surface area contributed by atoms with Crippen molar-refractivity contribution in [3.63, 3.8) is 0 Å². The van der Waals surface area contributed by atoms with Crippen LogP contribution in [0.2, 0.25) is 0 Å². The van der Waals surface area contributed by atoms with Crippen molar-refractivity contribution in [1.29, 1.82) is 0 Å². The molecular formula is C24H21F3N4O3. The molecule has 3 amide bonds. The molecule has 0 bridgehead atoms. The van der Waals surface area contributed by atoms with E-state index in [0.29, 0.717) is 0 Å². The number of rotatable bonds is 6. The van der Waals surface area contributed by atoms with Crippen LogP contribution >= 0.6 is 0 Å². The molecule has 176 valence electrons. The third-order valence-electron chi connectivity index (χ3n) is 5.54. The van der Waals surface area contributed by atoms with Gasteiger partial charge in [0.2, 0.25) is 5.91 Å². The molecule has 34 heavy (non-hydrogen) atoms. The zero-order valence-electron chi connectivity index (χ0n) is 18.1. The Hall–Kier alpha value is -4.08. The maximum absolute atomic E-state index is 14.9. The lowest BCUT2D eigenvalue weighted by Crippen LogP contribution is -2.45.